The fourth-order valence-electron chi connectivity index (χ4n) is 0.119. The Morgan fingerprint density at radius 1 is 1.60 bits per heavy atom. The van der Waals surface area contributed by atoms with Gasteiger partial charge < -0.3 is 5.73 Å². The molecule has 1 nitrogen and oxygen atoms in total. The molecule has 1 aliphatic rings. The molecule has 0 saturated heterocycles. The average molecular weight is 91.5 g/mol. The summed E-state index contributed by atoms with van der Waals surface area (Å²) in [6.07, 6.45) is 1.99. The molecule has 0 bridgehead atoms. The first-order chi connectivity index (χ1) is 2.21. The molecule has 0 atom stereocenters. The Labute approximate surface area is 36.1 Å². The first-order valence-electron chi connectivity index (χ1n) is 1.68. The minimum atomic E-state index is -0.278. The molecule has 0 aliphatic heterocycles. The van der Waals surface area contributed by atoms with Gasteiger partial charge in [0.05, 0.1) is 5.00 Å². The minimum absolute atomic E-state index is 0.278. The van der Waals surface area contributed by atoms with Crippen LogP contribution in [0.15, 0.2) is 0 Å². The quantitative estimate of drug-likeness (QED) is 0.344. The number of hydrogen-bond donors (Lipinski definition) is 1. The molecule has 1 aliphatic carbocycles. The highest BCUT2D eigenvalue weighted by Gasteiger charge is 2.35. The number of rotatable bonds is 0. The summed E-state index contributed by atoms with van der Waals surface area (Å²) in [5, 5.41) is 0. The smallest absolute Gasteiger partial charge is 0.0913 e. The third-order valence-corrected chi connectivity index (χ3v) is 1.11. The van der Waals surface area contributed by atoms with Crippen LogP contribution >= 0.6 is 11.6 Å². The zero-order chi connectivity index (χ0) is 3.91. The highest BCUT2D eigenvalue weighted by atomic mass is 35.5. The molecule has 0 aromatic heterocycles. The Bertz CT molecular complexity index is 44.9. The summed E-state index contributed by atoms with van der Waals surface area (Å²) in [5.41, 5.74) is 5.23. The molecule has 0 radical (unpaired) electrons. The molecule has 0 aromatic rings. The molecule has 2 heteroatoms. The highest BCUT2D eigenvalue weighted by molar-refractivity contribution is 6.25. The average Bonchev–Trinajstić information content (AvgIpc) is 1.76. The van der Waals surface area contributed by atoms with Crippen molar-refractivity contribution in [2.45, 2.75) is 17.8 Å². The molecule has 0 amide bonds. The molecule has 30 valence electrons. The van der Waals surface area contributed by atoms with E-state index in [1.54, 1.807) is 0 Å². The minimum Gasteiger partial charge on any atom is -0.313 e. The number of nitrogens with two attached hydrogens (primary N) is 1. The van der Waals surface area contributed by atoms with Crippen molar-refractivity contribution in [3.05, 3.63) is 0 Å². The molecular weight excluding hydrogens is 85.5 g/mol. The lowest BCUT2D eigenvalue weighted by Crippen LogP contribution is -2.10. The van der Waals surface area contributed by atoms with E-state index < -0.39 is 0 Å². The lowest BCUT2D eigenvalue weighted by atomic mass is 10.8. The molecule has 0 unspecified atom stereocenters. The Morgan fingerprint density at radius 2 is 1.80 bits per heavy atom. The van der Waals surface area contributed by atoms with Gasteiger partial charge >= 0.3 is 0 Å². The summed E-state index contributed by atoms with van der Waals surface area (Å²) >= 11 is 5.42. The maximum atomic E-state index is 5.42. The van der Waals surface area contributed by atoms with Crippen LogP contribution in [0.1, 0.15) is 12.8 Å². The number of alkyl halides is 1. The van der Waals surface area contributed by atoms with Gasteiger partial charge in [-0.2, -0.15) is 0 Å². The van der Waals surface area contributed by atoms with Gasteiger partial charge in [-0.1, -0.05) is 0 Å². The lowest BCUT2D eigenvalue weighted by Gasteiger charge is -1.84. The van der Waals surface area contributed by atoms with Crippen LogP contribution in [0.2, 0.25) is 0 Å². The van der Waals surface area contributed by atoms with Crippen LogP contribution in [-0.4, -0.2) is 5.00 Å². The van der Waals surface area contributed by atoms with Gasteiger partial charge in [-0.15, -0.1) is 11.6 Å². The van der Waals surface area contributed by atoms with Gasteiger partial charge in [-0.3, -0.25) is 0 Å². The van der Waals surface area contributed by atoms with Crippen LogP contribution in [-0.2, 0) is 0 Å². The second-order valence-corrected chi connectivity index (χ2v) is 2.29. The maximum Gasteiger partial charge on any atom is 0.0913 e. The third kappa shape index (κ3) is 0.781. The van der Waals surface area contributed by atoms with Crippen molar-refractivity contribution < 1.29 is 0 Å². The predicted octanol–water partition coefficient (Wildman–Crippen LogP) is 0.674. The normalized spacial score (nSPS) is 30.0. The van der Waals surface area contributed by atoms with Crippen molar-refractivity contribution in [2.75, 3.05) is 0 Å². The first-order valence-corrected chi connectivity index (χ1v) is 2.06. The van der Waals surface area contributed by atoms with Gasteiger partial charge in [-0.05, 0) is 12.8 Å². The molecule has 0 aromatic carbocycles. The maximum absolute atomic E-state index is 5.42. The molecule has 5 heavy (non-hydrogen) atoms. The molecule has 1 fully saturated rings. The summed E-state index contributed by atoms with van der Waals surface area (Å²) in [7, 11) is 0. The summed E-state index contributed by atoms with van der Waals surface area (Å²) in [6.45, 7) is 0. The van der Waals surface area contributed by atoms with E-state index >= 15 is 0 Å². The van der Waals surface area contributed by atoms with Gasteiger partial charge in [-0.25, -0.2) is 0 Å². The van der Waals surface area contributed by atoms with Gasteiger partial charge in [0.15, 0.2) is 0 Å². The van der Waals surface area contributed by atoms with Crippen molar-refractivity contribution >= 4 is 11.6 Å². The van der Waals surface area contributed by atoms with E-state index in [1.807, 2.05) is 0 Å². The van der Waals surface area contributed by atoms with E-state index in [0.29, 0.717) is 0 Å². The first kappa shape index (κ1) is 3.44. The van der Waals surface area contributed by atoms with Crippen LogP contribution < -0.4 is 5.73 Å². The molecule has 1 rings (SSSR count). The Hall–Kier alpha value is 0.250. The van der Waals surface area contributed by atoms with E-state index in [4.69, 9.17) is 17.3 Å². The second-order valence-electron chi connectivity index (χ2n) is 1.53. The Morgan fingerprint density at radius 3 is 1.80 bits per heavy atom. The highest BCUT2D eigenvalue weighted by Crippen LogP contribution is 2.35. The Balaban J connectivity index is 2.38. The number of hydrogen-bond acceptors (Lipinski definition) is 1. The van der Waals surface area contributed by atoms with Crippen molar-refractivity contribution in [1.29, 1.82) is 0 Å². The van der Waals surface area contributed by atoms with Crippen molar-refractivity contribution in [1.82, 2.24) is 0 Å². The predicted molar refractivity (Wildman–Crippen MR) is 22.0 cm³/mol. The molecule has 0 heterocycles. The van der Waals surface area contributed by atoms with E-state index in [-0.39, 0.29) is 5.00 Å². The second kappa shape index (κ2) is 0.660. The zero-order valence-electron chi connectivity index (χ0n) is 2.87. The van der Waals surface area contributed by atoms with Crippen LogP contribution in [0.4, 0.5) is 0 Å². The van der Waals surface area contributed by atoms with E-state index in [1.165, 1.54) is 0 Å². The van der Waals surface area contributed by atoms with Crippen molar-refractivity contribution in [2.24, 2.45) is 5.73 Å². The Kier molecular flexibility index (Phi) is 0.454. The van der Waals surface area contributed by atoms with E-state index in [2.05, 4.69) is 0 Å². The summed E-state index contributed by atoms with van der Waals surface area (Å²) in [6, 6.07) is 0. The molecule has 0 spiro atoms. The summed E-state index contributed by atoms with van der Waals surface area (Å²) in [4.78, 5) is -0.278. The summed E-state index contributed by atoms with van der Waals surface area (Å²) in [5.74, 6) is 0. The fraction of sp³-hybridized carbons (Fsp3) is 1.00. The summed E-state index contributed by atoms with van der Waals surface area (Å²) < 4.78 is 0. The van der Waals surface area contributed by atoms with Gasteiger partial charge in [0, 0.05) is 0 Å². The largest absolute Gasteiger partial charge is 0.313 e. The zero-order valence-corrected chi connectivity index (χ0v) is 3.63. The monoisotopic (exact) mass is 91.0 g/mol. The van der Waals surface area contributed by atoms with Gasteiger partial charge in [0.25, 0.3) is 0 Å². The molecular formula is C3H6ClN. The van der Waals surface area contributed by atoms with Crippen LogP contribution in [0.5, 0.6) is 0 Å². The van der Waals surface area contributed by atoms with E-state index in [0.717, 1.165) is 12.8 Å². The standard InChI is InChI=1S/C3H6ClN/c4-3(5)1-2-3/h1-2,5H2. The van der Waals surface area contributed by atoms with Crippen molar-refractivity contribution in [3.63, 3.8) is 0 Å². The van der Waals surface area contributed by atoms with Crippen molar-refractivity contribution in [3.8, 4) is 0 Å². The number of halogens is 1. The molecule has 2 N–H and O–H groups in total. The fourth-order valence-corrected chi connectivity index (χ4v) is 0.214. The van der Waals surface area contributed by atoms with Gasteiger partial charge in [0.2, 0.25) is 0 Å². The lowest BCUT2D eigenvalue weighted by molar-refractivity contribution is 0.967. The van der Waals surface area contributed by atoms with E-state index in [9.17, 15) is 0 Å². The SMILES string of the molecule is NC1(Cl)CC1. The van der Waals surface area contributed by atoms with Crippen LogP contribution in [0.3, 0.4) is 0 Å². The molecule has 1 saturated carbocycles. The van der Waals surface area contributed by atoms with Gasteiger partial charge in [0.1, 0.15) is 0 Å². The topological polar surface area (TPSA) is 26.0 Å². The van der Waals surface area contributed by atoms with Crippen LogP contribution in [0.25, 0.3) is 0 Å². The van der Waals surface area contributed by atoms with Crippen LogP contribution in [0, 0.1) is 0 Å². The third-order valence-electron chi connectivity index (χ3n) is 0.728.